The number of carbonyl (C=O) groups is 1. The minimum Gasteiger partial charge on any atom is -0.385 e. The summed E-state index contributed by atoms with van der Waals surface area (Å²) in [5.41, 5.74) is 2.38. The molecule has 4 aromatic rings. The van der Waals surface area contributed by atoms with Crippen molar-refractivity contribution in [2.45, 2.75) is 30.3 Å². The van der Waals surface area contributed by atoms with Gasteiger partial charge in [0.05, 0.1) is 21.3 Å². The maximum atomic E-state index is 12.9. The van der Waals surface area contributed by atoms with Gasteiger partial charge >= 0.3 is 5.69 Å². The van der Waals surface area contributed by atoms with E-state index in [-0.39, 0.29) is 11.6 Å². The molecule has 1 atom stereocenters. The average Bonchev–Trinajstić information content (AvgIpc) is 3.36. The Kier molecular flexibility index (Phi) is 7.17. The second-order valence-electron chi connectivity index (χ2n) is 7.37. The van der Waals surface area contributed by atoms with Gasteiger partial charge in [-0.25, -0.2) is 4.79 Å². The summed E-state index contributed by atoms with van der Waals surface area (Å²) >= 11 is 7.70. The third-order valence-corrected chi connectivity index (χ3v) is 6.41. The van der Waals surface area contributed by atoms with E-state index in [9.17, 15) is 9.59 Å². The number of thioether (sulfide) groups is 1. The summed E-state index contributed by atoms with van der Waals surface area (Å²) in [6.07, 6.45) is 0.759. The van der Waals surface area contributed by atoms with Gasteiger partial charge in [0.1, 0.15) is 0 Å². The van der Waals surface area contributed by atoms with Crippen LogP contribution in [0, 0.1) is 0 Å². The van der Waals surface area contributed by atoms with E-state index >= 15 is 0 Å². The minimum atomic E-state index is -0.449. The third-order valence-electron chi connectivity index (χ3n) is 5.00. The molecule has 9 nitrogen and oxygen atoms in total. The molecule has 2 aromatic heterocycles. The minimum absolute atomic E-state index is 0.192. The molecule has 0 aliphatic heterocycles. The van der Waals surface area contributed by atoms with Gasteiger partial charge in [-0.15, -0.1) is 10.2 Å². The van der Waals surface area contributed by atoms with E-state index < -0.39 is 5.25 Å². The number of methoxy groups -OCH3 is 1. The number of hydrogen-bond donors (Lipinski definition) is 3. The summed E-state index contributed by atoms with van der Waals surface area (Å²) in [6.45, 7) is 3.01. The van der Waals surface area contributed by atoms with Crippen LogP contribution in [0.15, 0.2) is 52.4 Å². The molecule has 2 aromatic carbocycles. The molecule has 172 valence electrons. The second kappa shape index (κ2) is 10.2. The normalized spacial score (nSPS) is 12.2. The van der Waals surface area contributed by atoms with Crippen molar-refractivity contribution in [3.05, 3.63) is 58.0 Å². The number of aromatic nitrogens is 5. The van der Waals surface area contributed by atoms with Crippen LogP contribution >= 0.6 is 23.4 Å². The highest BCUT2D eigenvalue weighted by molar-refractivity contribution is 8.00. The standard InChI is InChI=1S/C22H23ClN6O3S/c1-13(20(30)24-14-8-9-17-18(12-14)26-21(31)25-17)33-22-28-27-19(29(22)10-5-11-32-2)15-6-3-4-7-16(15)23/h3-4,6-9,12-13H,5,10-11H2,1-2H3,(H,24,30)(H2,25,26,31). The Morgan fingerprint density at radius 3 is 2.79 bits per heavy atom. The Morgan fingerprint density at radius 2 is 2.00 bits per heavy atom. The number of rotatable bonds is 9. The molecule has 2 heterocycles. The third kappa shape index (κ3) is 5.29. The van der Waals surface area contributed by atoms with Crippen molar-refractivity contribution in [1.29, 1.82) is 0 Å². The number of imidazole rings is 1. The summed E-state index contributed by atoms with van der Waals surface area (Å²) < 4.78 is 7.16. The zero-order chi connectivity index (χ0) is 23.4. The molecule has 0 saturated heterocycles. The van der Waals surface area contributed by atoms with Crippen LogP contribution < -0.4 is 11.0 Å². The fourth-order valence-corrected chi connectivity index (χ4v) is 4.45. The first-order valence-electron chi connectivity index (χ1n) is 10.3. The number of hydrogen-bond acceptors (Lipinski definition) is 6. The van der Waals surface area contributed by atoms with Crippen LogP contribution in [0.5, 0.6) is 0 Å². The van der Waals surface area contributed by atoms with Gasteiger partial charge in [-0.05, 0) is 43.7 Å². The number of carbonyl (C=O) groups excluding carboxylic acids is 1. The molecular weight excluding hydrogens is 464 g/mol. The predicted molar refractivity (Wildman–Crippen MR) is 130 cm³/mol. The summed E-state index contributed by atoms with van der Waals surface area (Å²) in [7, 11) is 1.66. The lowest BCUT2D eigenvalue weighted by atomic mass is 10.2. The first-order valence-corrected chi connectivity index (χ1v) is 11.6. The van der Waals surface area contributed by atoms with Gasteiger partial charge in [-0.2, -0.15) is 0 Å². The number of halogens is 1. The molecule has 33 heavy (non-hydrogen) atoms. The molecule has 0 bridgehead atoms. The second-order valence-corrected chi connectivity index (χ2v) is 9.09. The van der Waals surface area contributed by atoms with Crippen molar-refractivity contribution in [3.63, 3.8) is 0 Å². The van der Waals surface area contributed by atoms with Crippen LogP contribution in [0.4, 0.5) is 5.69 Å². The SMILES string of the molecule is COCCCn1c(SC(C)C(=O)Nc2ccc3[nH]c(=O)[nH]c3c2)nnc1-c1ccccc1Cl. The Hall–Kier alpha value is -3.08. The van der Waals surface area contributed by atoms with E-state index in [2.05, 4.69) is 25.5 Å². The van der Waals surface area contributed by atoms with Crippen molar-refractivity contribution in [3.8, 4) is 11.4 Å². The van der Waals surface area contributed by atoms with Crippen molar-refractivity contribution in [2.24, 2.45) is 0 Å². The van der Waals surface area contributed by atoms with Gasteiger partial charge in [-0.3, -0.25) is 4.79 Å². The fraction of sp³-hybridized carbons (Fsp3) is 0.273. The van der Waals surface area contributed by atoms with Gasteiger partial charge in [0, 0.05) is 31.5 Å². The Balaban J connectivity index is 1.53. The summed E-state index contributed by atoms with van der Waals surface area (Å²) in [6, 6.07) is 12.7. The molecule has 0 saturated carbocycles. The van der Waals surface area contributed by atoms with Gasteiger partial charge in [0.25, 0.3) is 0 Å². The number of ether oxygens (including phenoxy) is 1. The zero-order valence-electron chi connectivity index (χ0n) is 18.1. The molecular formula is C22H23ClN6O3S. The van der Waals surface area contributed by atoms with Gasteiger partial charge < -0.3 is 24.6 Å². The van der Waals surface area contributed by atoms with Gasteiger partial charge in [0.15, 0.2) is 11.0 Å². The lowest BCUT2D eigenvalue weighted by molar-refractivity contribution is -0.115. The van der Waals surface area contributed by atoms with E-state index in [0.29, 0.717) is 45.9 Å². The van der Waals surface area contributed by atoms with Crippen molar-refractivity contribution in [2.75, 3.05) is 19.0 Å². The van der Waals surface area contributed by atoms with Crippen molar-refractivity contribution >= 4 is 46.0 Å². The van der Waals surface area contributed by atoms with Crippen LogP contribution in [0.2, 0.25) is 5.02 Å². The molecule has 3 N–H and O–H groups in total. The first-order chi connectivity index (χ1) is 16.0. The van der Waals surface area contributed by atoms with Gasteiger partial charge in [-0.1, -0.05) is 35.5 Å². The molecule has 0 radical (unpaired) electrons. The lowest BCUT2D eigenvalue weighted by Gasteiger charge is -2.14. The van der Waals surface area contributed by atoms with Crippen LogP contribution in [-0.4, -0.2) is 49.6 Å². The average molecular weight is 487 g/mol. The summed E-state index contributed by atoms with van der Waals surface area (Å²) in [4.78, 5) is 29.7. The van der Waals surface area contributed by atoms with Crippen LogP contribution in [-0.2, 0) is 16.1 Å². The fourth-order valence-electron chi connectivity index (χ4n) is 3.35. The highest BCUT2D eigenvalue weighted by Crippen LogP contribution is 2.31. The number of amides is 1. The van der Waals surface area contributed by atoms with Crippen molar-refractivity contribution in [1.82, 2.24) is 24.7 Å². The first kappa shape index (κ1) is 23.1. The van der Waals surface area contributed by atoms with E-state index in [1.54, 1.807) is 32.2 Å². The quantitative estimate of drug-likeness (QED) is 0.244. The number of nitrogens with one attached hydrogen (secondary N) is 3. The number of nitrogens with zero attached hydrogens (tertiary/aromatic N) is 3. The maximum Gasteiger partial charge on any atom is 0.323 e. The number of H-pyrrole nitrogens is 2. The number of aromatic amines is 2. The monoisotopic (exact) mass is 486 g/mol. The molecule has 0 aliphatic rings. The molecule has 11 heteroatoms. The van der Waals surface area contributed by atoms with Gasteiger partial charge in [0.2, 0.25) is 5.91 Å². The Labute approximate surface area is 198 Å². The highest BCUT2D eigenvalue weighted by atomic mass is 35.5. The maximum absolute atomic E-state index is 12.9. The summed E-state index contributed by atoms with van der Waals surface area (Å²) in [5.74, 6) is 0.455. The number of anilines is 1. The number of benzene rings is 2. The zero-order valence-corrected chi connectivity index (χ0v) is 19.7. The number of fused-ring (bicyclic) bond motifs is 1. The molecule has 1 unspecified atom stereocenters. The molecule has 1 amide bonds. The molecule has 0 spiro atoms. The highest BCUT2D eigenvalue weighted by Gasteiger charge is 2.22. The largest absolute Gasteiger partial charge is 0.385 e. The van der Waals surface area contributed by atoms with E-state index in [4.69, 9.17) is 16.3 Å². The van der Waals surface area contributed by atoms with E-state index in [1.165, 1.54) is 11.8 Å². The van der Waals surface area contributed by atoms with E-state index in [1.807, 2.05) is 28.8 Å². The predicted octanol–water partition coefficient (Wildman–Crippen LogP) is 3.92. The topological polar surface area (TPSA) is 118 Å². The molecule has 4 rings (SSSR count). The van der Waals surface area contributed by atoms with E-state index in [0.717, 1.165) is 12.0 Å². The molecule has 0 fully saturated rings. The van der Waals surface area contributed by atoms with Crippen molar-refractivity contribution < 1.29 is 9.53 Å². The van der Waals surface area contributed by atoms with Crippen LogP contribution in [0.1, 0.15) is 13.3 Å². The molecule has 0 aliphatic carbocycles. The van der Waals surface area contributed by atoms with Crippen LogP contribution in [0.3, 0.4) is 0 Å². The lowest BCUT2D eigenvalue weighted by Crippen LogP contribution is -2.23. The Morgan fingerprint density at radius 1 is 1.21 bits per heavy atom. The smallest absolute Gasteiger partial charge is 0.323 e. The summed E-state index contributed by atoms with van der Waals surface area (Å²) in [5, 5.41) is 12.3. The Bertz CT molecular complexity index is 1330. The van der Waals surface area contributed by atoms with Crippen LogP contribution in [0.25, 0.3) is 22.4 Å².